The van der Waals surface area contributed by atoms with Gasteiger partial charge < -0.3 is 29.4 Å². The van der Waals surface area contributed by atoms with Crippen LogP contribution in [0.1, 0.15) is 0 Å². The van der Waals surface area contributed by atoms with Crippen LogP contribution < -0.4 is 9.64 Å². The zero-order chi connectivity index (χ0) is 22.7. The number of carbonyl (C=O) groups excluding carboxylic acids is 1. The molecule has 1 fully saturated rings. The first-order valence-electron chi connectivity index (χ1n) is 9.98. The van der Waals surface area contributed by atoms with Crippen molar-refractivity contribution in [3.05, 3.63) is 35.4 Å². The minimum atomic E-state index is -1.10. The highest BCUT2D eigenvalue weighted by molar-refractivity contribution is 6.33. The summed E-state index contributed by atoms with van der Waals surface area (Å²) >= 11 is 6.46. The van der Waals surface area contributed by atoms with E-state index in [-0.39, 0.29) is 12.6 Å². The van der Waals surface area contributed by atoms with Gasteiger partial charge in [0.15, 0.2) is 12.3 Å². The molecule has 0 atom stereocenters. The molecule has 1 aliphatic heterocycles. The molecule has 1 aliphatic rings. The van der Waals surface area contributed by atoms with Crippen LogP contribution in [-0.4, -0.2) is 83.3 Å². The summed E-state index contributed by atoms with van der Waals surface area (Å²) in [5.41, 5.74) is 3.50. The zero-order valence-electron chi connectivity index (χ0n) is 17.4. The number of fused-ring (bicyclic) bond motifs is 1. The summed E-state index contributed by atoms with van der Waals surface area (Å²) in [6.45, 7) is 2.39. The van der Waals surface area contributed by atoms with Gasteiger partial charge in [0.25, 0.3) is 11.9 Å². The van der Waals surface area contributed by atoms with Gasteiger partial charge in [-0.1, -0.05) is 23.7 Å². The van der Waals surface area contributed by atoms with Gasteiger partial charge in [0.05, 0.1) is 29.4 Å². The van der Waals surface area contributed by atoms with E-state index >= 15 is 0 Å². The quantitative estimate of drug-likeness (QED) is 0.550. The van der Waals surface area contributed by atoms with Crippen molar-refractivity contribution in [3.63, 3.8) is 0 Å². The molecule has 3 aromatic rings. The lowest BCUT2D eigenvalue weighted by Crippen LogP contribution is -2.36. The summed E-state index contributed by atoms with van der Waals surface area (Å²) in [4.78, 5) is 37.7. The first-order valence-corrected chi connectivity index (χ1v) is 10.4. The van der Waals surface area contributed by atoms with E-state index in [1.807, 2.05) is 24.3 Å². The van der Waals surface area contributed by atoms with Crippen LogP contribution in [0.25, 0.3) is 22.4 Å². The number of pyridine rings is 1. The number of anilines is 1. The topological polar surface area (TPSA) is 121 Å². The molecule has 2 N–H and O–H groups in total. The minimum Gasteiger partial charge on any atom is -0.480 e. The number of ether oxygens (including phenoxy) is 2. The molecule has 1 aromatic carbocycles. The molecule has 11 heteroatoms. The Labute approximate surface area is 188 Å². The van der Waals surface area contributed by atoms with Crippen molar-refractivity contribution in [2.24, 2.45) is 0 Å². The molecule has 168 valence electrons. The van der Waals surface area contributed by atoms with Gasteiger partial charge in [-0.3, -0.25) is 9.59 Å². The monoisotopic (exact) mass is 459 g/mol. The normalized spacial score (nSPS) is 13.9. The molecule has 0 saturated carbocycles. The summed E-state index contributed by atoms with van der Waals surface area (Å²) in [5.74, 6) is -1.59. The Morgan fingerprint density at radius 3 is 2.66 bits per heavy atom. The number of carbonyl (C=O) groups is 2. The van der Waals surface area contributed by atoms with E-state index in [0.717, 1.165) is 42.5 Å². The number of carboxylic acids is 1. The van der Waals surface area contributed by atoms with Crippen molar-refractivity contribution < 1.29 is 24.2 Å². The van der Waals surface area contributed by atoms with Gasteiger partial charge in [0.2, 0.25) is 0 Å². The number of rotatable bonds is 7. The molecule has 0 bridgehead atoms. The fraction of sp³-hybridized carbons (Fsp3) is 0.333. The number of H-pyrrole nitrogens is 1. The van der Waals surface area contributed by atoms with Crippen LogP contribution >= 0.6 is 11.6 Å². The van der Waals surface area contributed by atoms with E-state index in [1.54, 1.807) is 6.07 Å². The highest BCUT2D eigenvalue weighted by atomic mass is 35.5. The van der Waals surface area contributed by atoms with Gasteiger partial charge in [-0.2, -0.15) is 4.98 Å². The maximum absolute atomic E-state index is 12.0. The minimum absolute atomic E-state index is 0.0976. The lowest BCUT2D eigenvalue weighted by Gasteiger charge is -2.28. The molecule has 4 rings (SSSR count). The zero-order valence-corrected chi connectivity index (χ0v) is 18.1. The second kappa shape index (κ2) is 9.41. The van der Waals surface area contributed by atoms with Gasteiger partial charge in [0.1, 0.15) is 6.54 Å². The van der Waals surface area contributed by atoms with Crippen LogP contribution in [0.15, 0.2) is 30.3 Å². The molecule has 0 unspecified atom stereocenters. The van der Waals surface area contributed by atoms with E-state index in [0.29, 0.717) is 21.9 Å². The number of nitrogens with one attached hydrogen (secondary N) is 1. The number of halogens is 1. The van der Waals surface area contributed by atoms with Crippen molar-refractivity contribution in [1.29, 1.82) is 0 Å². The average Bonchev–Trinajstić information content (AvgIpc) is 3.18. The summed E-state index contributed by atoms with van der Waals surface area (Å²) in [5, 5.41) is 9.21. The molecule has 1 amide bonds. The maximum atomic E-state index is 12.0. The standard InChI is InChI=1S/C21H22ClN5O5/c1-26(11-18(29)30)17(28)12-32-21-23-16-10-15(22)19(24-20(16)25-21)13-2-4-14(5-3-13)27-6-8-31-9-7-27/h2-5,10H,6-9,11-12H2,1H3,(H,29,30)(H,23,24,25). The summed E-state index contributed by atoms with van der Waals surface area (Å²) in [7, 11) is 1.39. The fourth-order valence-corrected chi connectivity index (χ4v) is 3.61. The van der Waals surface area contributed by atoms with Crippen molar-refractivity contribution >= 4 is 40.3 Å². The highest BCUT2D eigenvalue weighted by Crippen LogP contribution is 2.31. The maximum Gasteiger partial charge on any atom is 0.323 e. The van der Waals surface area contributed by atoms with E-state index in [1.165, 1.54) is 7.05 Å². The SMILES string of the molecule is CN(CC(=O)O)C(=O)COc1nc2nc(-c3ccc(N4CCOCC4)cc3)c(Cl)cc2[nH]1. The number of carboxylic acid groups (broad SMARTS) is 1. The number of aromatic nitrogens is 3. The third-order valence-corrected chi connectivity index (χ3v) is 5.34. The van der Waals surface area contributed by atoms with Crippen molar-refractivity contribution in [2.75, 3.05) is 51.4 Å². The van der Waals surface area contributed by atoms with Crippen molar-refractivity contribution in [3.8, 4) is 17.3 Å². The Hall–Kier alpha value is -3.37. The van der Waals surface area contributed by atoms with Crippen LogP contribution in [0.5, 0.6) is 6.01 Å². The molecule has 10 nitrogen and oxygen atoms in total. The first kappa shape index (κ1) is 21.8. The molecule has 0 aliphatic carbocycles. The predicted octanol–water partition coefficient (Wildman–Crippen LogP) is 2.04. The number of nitrogens with zero attached hydrogens (tertiary/aromatic N) is 4. The molecule has 2 aromatic heterocycles. The molecular formula is C21H22ClN5O5. The van der Waals surface area contributed by atoms with Gasteiger partial charge in [0, 0.05) is 31.4 Å². The number of imidazole rings is 1. The van der Waals surface area contributed by atoms with Gasteiger partial charge in [-0.15, -0.1) is 0 Å². The Bertz CT molecular complexity index is 1130. The van der Waals surface area contributed by atoms with E-state index in [2.05, 4.69) is 19.9 Å². The average molecular weight is 460 g/mol. The van der Waals surface area contributed by atoms with Gasteiger partial charge >= 0.3 is 5.97 Å². The number of hydrogen-bond donors (Lipinski definition) is 2. The van der Waals surface area contributed by atoms with Crippen molar-refractivity contribution in [2.45, 2.75) is 0 Å². The Balaban J connectivity index is 1.48. The van der Waals surface area contributed by atoms with Crippen LogP contribution in [0, 0.1) is 0 Å². The molecule has 32 heavy (non-hydrogen) atoms. The fourth-order valence-electron chi connectivity index (χ4n) is 3.35. The summed E-state index contributed by atoms with van der Waals surface area (Å²) in [6.07, 6.45) is 0. The van der Waals surface area contributed by atoms with Crippen LogP contribution in [0.2, 0.25) is 5.02 Å². The number of aliphatic carboxylic acids is 1. The van der Waals surface area contributed by atoms with E-state index in [9.17, 15) is 9.59 Å². The van der Waals surface area contributed by atoms with Crippen LogP contribution in [0.4, 0.5) is 5.69 Å². The molecule has 0 radical (unpaired) electrons. The highest BCUT2D eigenvalue weighted by Gasteiger charge is 2.16. The third kappa shape index (κ3) is 4.92. The molecule has 3 heterocycles. The number of morpholine rings is 1. The number of amides is 1. The Morgan fingerprint density at radius 1 is 1.25 bits per heavy atom. The first-order chi connectivity index (χ1) is 15.4. The lowest BCUT2D eigenvalue weighted by molar-refractivity contribution is -0.144. The second-order valence-electron chi connectivity index (χ2n) is 7.31. The molecular weight excluding hydrogens is 438 g/mol. The van der Waals surface area contributed by atoms with E-state index < -0.39 is 18.4 Å². The third-order valence-electron chi connectivity index (χ3n) is 5.05. The molecule has 0 spiro atoms. The number of benzene rings is 1. The Kier molecular flexibility index (Phi) is 6.42. The Morgan fingerprint density at radius 2 is 1.97 bits per heavy atom. The van der Waals surface area contributed by atoms with E-state index in [4.69, 9.17) is 26.2 Å². The smallest absolute Gasteiger partial charge is 0.323 e. The van der Waals surface area contributed by atoms with Crippen molar-refractivity contribution in [1.82, 2.24) is 19.9 Å². The van der Waals surface area contributed by atoms with Gasteiger partial charge in [-0.05, 0) is 18.2 Å². The number of hydrogen-bond acceptors (Lipinski definition) is 7. The number of likely N-dealkylation sites (N-methyl/N-ethyl adjacent to an activating group) is 1. The molecule has 1 saturated heterocycles. The predicted molar refractivity (Wildman–Crippen MR) is 118 cm³/mol. The second-order valence-corrected chi connectivity index (χ2v) is 7.72. The summed E-state index contributed by atoms with van der Waals surface area (Å²) < 4.78 is 10.8. The number of aromatic amines is 1. The lowest BCUT2D eigenvalue weighted by atomic mass is 10.1. The van der Waals surface area contributed by atoms with Crippen LogP contribution in [-0.2, 0) is 14.3 Å². The van der Waals surface area contributed by atoms with Gasteiger partial charge in [-0.25, -0.2) is 4.98 Å². The summed E-state index contributed by atoms with van der Waals surface area (Å²) in [6, 6.07) is 9.79. The largest absolute Gasteiger partial charge is 0.480 e. The van der Waals surface area contributed by atoms with Crippen LogP contribution in [0.3, 0.4) is 0 Å².